The van der Waals surface area contributed by atoms with Crippen LogP contribution in [0.5, 0.6) is 0 Å². The number of benzene rings is 2. The highest BCUT2D eigenvalue weighted by molar-refractivity contribution is 5.85. The Morgan fingerprint density at radius 1 is 1.11 bits per heavy atom. The van der Waals surface area contributed by atoms with Crippen molar-refractivity contribution in [3.8, 4) is 11.1 Å². The molecule has 4 atom stereocenters. The number of aliphatic hydroxyl groups is 2. The van der Waals surface area contributed by atoms with Gasteiger partial charge in [-0.15, -0.1) is 0 Å². The summed E-state index contributed by atoms with van der Waals surface area (Å²) < 4.78 is 0. The Hall–Kier alpha value is -3.02. The minimum absolute atomic E-state index is 0.0664. The van der Waals surface area contributed by atoms with E-state index in [9.17, 15) is 19.8 Å². The van der Waals surface area contributed by atoms with Gasteiger partial charge in [-0.2, -0.15) is 0 Å². The van der Waals surface area contributed by atoms with E-state index in [2.05, 4.69) is 37.3 Å². The van der Waals surface area contributed by atoms with Gasteiger partial charge in [0.2, 0.25) is 0 Å². The van der Waals surface area contributed by atoms with Crippen molar-refractivity contribution in [2.45, 2.75) is 64.6 Å². The Bertz CT molecular complexity index is 1080. The van der Waals surface area contributed by atoms with Crippen molar-refractivity contribution in [1.29, 1.82) is 0 Å². The Balaban J connectivity index is 1.63. The van der Waals surface area contributed by atoms with Gasteiger partial charge in [-0.05, 0) is 49.8 Å². The molecule has 0 aliphatic heterocycles. The number of carboxylic acids is 1. The zero-order valence-electron chi connectivity index (χ0n) is 20.6. The van der Waals surface area contributed by atoms with Crippen LogP contribution in [-0.2, 0) is 16.0 Å². The predicted molar refractivity (Wildman–Crippen MR) is 138 cm³/mol. The Morgan fingerprint density at radius 2 is 1.83 bits per heavy atom. The van der Waals surface area contributed by atoms with Gasteiger partial charge in [0.25, 0.3) is 0 Å². The van der Waals surface area contributed by atoms with Gasteiger partial charge < -0.3 is 15.3 Å². The van der Waals surface area contributed by atoms with Gasteiger partial charge in [-0.25, -0.2) is 4.79 Å². The number of ketones is 1. The van der Waals surface area contributed by atoms with Crippen molar-refractivity contribution in [3.05, 3.63) is 83.5 Å². The fraction of sp³-hybridized carbons (Fsp3) is 0.400. The molecule has 0 amide bonds. The van der Waals surface area contributed by atoms with Gasteiger partial charge in [0, 0.05) is 30.8 Å². The Labute approximate surface area is 207 Å². The number of carbonyl (C=O) groups is 2. The maximum absolute atomic E-state index is 12.5. The highest BCUT2D eigenvalue weighted by Crippen LogP contribution is 2.38. The number of hydrogen-bond acceptors (Lipinski definition) is 4. The number of aliphatic hydroxyl groups excluding tert-OH is 2. The number of Topliss-reactive ketones (excluding diaryl/α,β-unsaturated/α-hetero) is 1. The van der Waals surface area contributed by atoms with Gasteiger partial charge in [0.1, 0.15) is 5.78 Å². The lowest BCUT2D eigenvalue weighted by molar-refractivity contribution is -0.131. The maximum Gasteiger partial charge on any atom is 0.327 e. The molecule has 0 bridgehead atoms. The molecule has 0 radical (unpaired) electrons. The smallest absolute Gasteiger partial charge is 0.327 e. The van der Waals surface area contributed by atoms with E-state index in [0.29, 0.717) is 19.3 Å². The molecule has 1 saturated carbocycles. The molecule has 0 aromatic heterocycles. The van der Waals surface area contributed by atoms with E-state index in [1.165, 1.54) is 5.56 Å². The first-order chi connectivity index (χ1) is 16.7. The van der Waals surface area contributed by atoms with Crippen molar-refractivity contribution in [2.24, 2.45) is 11.8 Å². The summed E-state index contributed by atoms with van der Waals surface area (Å²) in [7, 11) is 0. The van der Waals surface area contributed by atoms with Crippen LogP contribution in [0.4, 0.5) is 0 Å². The molecule has 1 aliphatic carbocycles. The molecular weight excluding hydrogens is 440 g/mol. The van der Waals surface area contributed by atoms with Crippen molar-refractivity contribution in [1.82, 2.24) is 0 Å². The molecule has 1 fully saturated rings. The first kappa shape index (κ1) is 26.6. The second-order valence-electron chi connectivity index (χ2n) is 9.65. The van der Waals surface area contributed by atoms with E-state index in [1.807, 2.05) is 25.1 Å². The van der Waals surface area contributed by atoms with E-state index in [0.717, 1.165) is 41.2 Å². The summed E-state index contributed by atoms with van der Waals surface area (Å²) in [6, 6.07) is 16.5. The standard InChI is InChI=1S/C30H36O5/c1-20-9-7-11-23(15-20)24-12-8-10-22(17-24)18-25(31)16-21(2)30-26(27(32)19-28(30)33)13-5-3-4-6-14-29(34)35/h6-12,14-17,25-26,28,30-31,33H,3-5,13,18-19H2,1-2H3,(H,34,35). The van der Waals surface area contributed by atoms with Crippen molar-refractivity contribution in [2.75, 3.05) is 0 Å². The molecule has 4 unspecified atom stereocenters. The summed E-state index contributed by atoms with van der Waals surface area (Å²) in [5, 5.41) is 30.0. The molecule has 0 heterocycles. The van der Waals surface area contributed by atoms with Crippen LogP contribution in [0.15, 0.2) is 72.3 Å². The molecule has 2 aromatic carbocycles. The first-order valence-corrected chi connectivity index (χ1v) is 12.4. The van der Waals surface area contributed by atoms with Crippen LogP contribution in [0.1, 0.15) is 50.2 Å². The fourth-order valence-electron chi connectivity index (χ4n) is 5.14. The molecule has 186 valence electrons. The average molecular weight is 477 g/mol. The number of unbranched alkanes of at least 4 members (excludes halogenated alkanes) is 2. The highest BCUT2D eigenvalue weighted by atomic mass is 16.4. The van der Waals surface area contributed by atoms with Crippen LogP contribution >= 0.6 is 0 Å². The van der Waals surface area contributed by atoms with Gasteiger partial charge in [0.15, 0.2) is 0 Å². The summed E-state index contributed by atoms with van der Waals surface area (Å²) in [4.78, 5) is 23.1. The molecule has 3 N–H and O–H groups in total. The lowest BCUT2D eigenvalue weighted by Crippen LogP contribution is -2.23. The number of carbonyl (C=O) groups excluding carboxylic acids is 1. The predicted octanol–water partition coefficient (Wildman–Crippen LogP) is 5.28. The van der Waals surface area contributed by atoms with E-state index in [1.54, 1.807) is 12.2 Å². The van der Waals surface area contributed by atoms with Gasteiger partial charge in [-0.1, -0.05) is 78.2 Å². The first-order valence-electron chi connectivity index (χ1n) is 12.4. The number of rotatable bonds is 11. The molecule has 35 heavy (non-hydrogen) atoms. The van der Waals surface area contributed by atoms with Crippen molar-refractivity contribution in [3.63, 3.8) is 0 Å². The quantitative estimate of drug-likeness (QED) is 0.233. The summed E-state index contributed by atoms with van der Waals surface area (Å²) in [5.74, 6) is -1.44. The summed E-state index contributed by atoms with van der Waals surface area (Å²) in [5.41, 5.74) is 5.31. The second-order valence-corrected chi connectivity index (χ2v) is 9.65. The number of aliphatic carboxylic acids is 1. The number of aryl methyl sites for hydroxylation is 1. The fourth-order valence-corrected chi connectivity index (χ4v) is 5.14. The van der Waals surface area contributed by atoms with Gasteiger partial charge in [-0.3, -0.25) is 4.79 Å². The summed E-state index contributed by atoms with van der Waals surface area (Å²) in [6.45, 7) is 3.96. The van der Waals surface area contributed by atoms with Crippen LogP contribution in [0.2, 0.25) is 0 Å². The van der Waals surface area contributed by atoms with Gasteiger partial charge in [0.05, 0.1) is 12.2 Å². The van der Waals surface area contributed by atoms with Gasteiger partial charge >= 0.3 is 5.97 Å². The number of allylic oxidation sites excluding steroid dienone is 1. The molecule has 1 aliphatic rings. The zero-order valence-corrected chi connectivity index (χ0v) is 20.6. The van der Waals surface area contributed by atoms with Crippen LogP contribution in [0, 0.1) is 18.8 Å². The molecule has 0 spiro atoms. The molecule has 5 heteroatoms. The second kappa shape index (κ2) is 12.6. The summed E-state index contributed by atoms with van der Waals surface area (Å²) >= 11 is 0. The summed E-state index contributed by atoms with van der Waals surface area (Å²) in [6.07, 6.45) is 6.58. The monoisotopic (exact) mass is 476 g/mol. The SMILES string of the molecule is CC(=CC(O)Cc1cccc(-c2cccc(C)c2)c1)C1C(O)CC(=O)C1CCCCC=CC(=O)O. The third-order valence-corrected chi connectivity index (χ3v) is 6.77. The molecule has 2 aromatic rings. The van der Waals surface area contributed by atoms with E-state index in [4.69, 9.17) is 5.11 Å². The number of carboxylic acid groups (broad SMARTS) is 1. The lowest BCUT2D eigenvalue weighted by Gasteiger charge is -2.23. The molecule has 3 rings (SSSR count). The van der Waals surface area contributed by atoms with Crippen molar-refractivity contribution >= 4 is 11.8 Å². The average Bonchev–Trinajstić information content (AvgIpc) is 3.08. The van der Waals surface area contributed by atoms with E-state index < -0.39 is 18.2 Å². The molecule has 5 nitrogen and oxygen atoms in total. The largest absolute Gasteiger partial charge is 0.478 e. The highest BCUT2D eigenvalue weighted by Gasteiger charge is 2.41. The molecule has 0 saturated heterocycles. The number of hydrogen-bond donors (Lipinski definition) is 3. The third kappa shape index (κ3) is 7.74. The zero-order chi connectivity index (χ0) is 25.4. The minimum Gasteiger partial charge on any atom is -0.478 e. The van der Waals surface area contributed by atoms with Crippen LogP contribution in [0.25, 0.3) is 11.1 Å². The topological polar surface area (TPSA) is 94.8 Å². The van der Waals surface area contributed by atoms with Crippen LogP contribution in [-0.4, -0.2) is 39.3 Å². The van der Waals surface area contributed by atoms with Crippen LogP contribution < -0.4 is 0 Å². The maximum atomic E-state index is 12.5. The van der Waals surface area contributed by atoms with E-state index in [-0.39, 0.29) is 24.0 Å². The van der Waals surface area contributed by atoms with E-state index >= 15 is 0 Å². The Morgan fingerprint density at radius 3 is 2.54 bits per heavy atom. The normalized spacial score (nSPS) is 21.5. The third-order valence-electron chi connectivity index (χ3n) is 6.77. The van der Waals surface area contributed by atoms with Crippen LogP contribution in [0.3, 0.4) is 0 Å². The molecular formula is C30H36O5. The Kier molecular flexibility index (Phi) is 9.58. The van der Waals surface area contributed by atoms with Crippen molar-refractivity contribution < 1.29 is 24.9 Å². The lowest BCUT2D eigenvalue weighted by atomic mass is 9.83. The minimum atomic E-state index is -0.958.